The number of methoxy groups -OCH3 is 1. The summed E-state index contributed by atoms with van der Waals surface area (Å²) in [6.45, 7) is 6.11. The molecule has 0 saturated carbocycles. The van der Waals surface area contributed by atoms with Gasteiger partial charge in [-0.05, 0) is 31.8 Å². The summed E-state index contributed by atoms with van der Waals surface area (Å²) in [6, 6.07) is 4.89. The van der Waals surface area contributed by atoms with Gasteiger partial charge in [0.05, 0.1) is 6.61 Å². The van der Waals surface area contributed by atoms with Gasteiger partial charge in [0.25, 0.3) is 0 Å². The zero-order valence-electron chi connectivity index (χ0n) is 11.1. The second-order valence-corrected chi connectivity index (χ2v) is 5.39. The van der Waals surface area contributed by atoms with Gasteiger partial charge >= 0.3 is 0 Å². The lowest BCUT2D eigenvalue weighted by atomic mass is 10.2. The number of rotatable bonds is 9. The molecule has 0 aliphatic rings. The molecule has 4 heteroatoms. The van der Waals surface area contributed by atoms with Crippen molar-refractivity contribution in [2.75, 3.05) is 40.4 Å². The first-order valence-corrected chi connectivity index (χ1v) is 7.04. The molecule has 1 unspecified atom stereocenters. The van der Waals surface area contributed by atoms with E-state index in [1.807, 2.05) is 11.3 Å². The molecule has 17 heavy (non-hydrogen) atoms. The van der Waals surface area contributed by atoms with Crippen LogP contribution in [0.1, 0.15) is 11.8 Å². The predicted molar refractivity (Wildman–Crippen MR) is 74.9 cm³/mol. The summed E-state index contributed by atoms with van der Waals surface area (Å²) in [5.41, 5.74) is 0. The van der Waals surface area contributed by atoms with Gasteiger partial charge in [-0.25, -0.2) is 0 Å². The van der Waals surface area contributed by atoms with Crippen LogP contribution in [0.5, 0.6) is 0 Å². The summed E-state index contributed by atoms with van der Waals surface area (Å²) in [5, 5.41) is 5.54. The number of thiophene rings is 1. The third kappa shape index (κ3) is 6.17. The highest BCUT2D eigenvalue weighted by molar-refractivity contribution is 7.09. The molecule has 0 radical (unpaired) electrons. The van der Waals surface area contributed by atoms with Crippen molar-refractivity contribution < 1.29 is 4.74 Å². The lowest BCUT2D eigenvalue weighted by Crippen LogP contribution is -2.39. The minimum atomic E-state index is 0.562. The van der Waals surface area contributed by atoms with Crippen LogP contribution >= 0.6 is 11.3 Å². The van der Waals surface area contributed by atoms with E-state index in [2.05, 4.69) is 41.7 Å². The van der Waals surface area contributed by atoms with Crippen LogP contribution in [-0.2, 0) is 11.2 Å². The van der Waals surface area contributed by atoms with Gasteiger partial charge in [0.2, 0.25) is 0 Å². The number of likely N-dealkylation sites (N-methyl/N-ethyl adjacent to an activating group) is 1. The lowest BCUT2D eigenvalue weighted by molar-refractivity contribution is 0.192. The Morgan fingerprint density at radius 1 is 1.53 bits per heavy atom. The fourth-order valence-electron chi connectivity index (χ4n) is 1.60. The third-order valence-corrected chi connectivity index (χ3v) is 3.90. The average Bonchev–Trinajstić information content (AvgIpc) is 2.84. The topological polar surface area (TPSA) is 24.5 Å². The Bertz CT molecular complexity index is 277. The number of hydrogen-bond acceptors (Lipinski definition) is 4. The summed E-state index contributed by atoms with van der Waals surface area (Å²) in [5.74, 6) is 0. The van der Waals surface area contributed by atoms with Crippen molar-refractivity contribution >= 4 is 11.3 Å². The minimum absolute atomic E-state index is 0.562. The van der Waals surface area contributed by atoms with Gasteiger partial charge in [-0.2, -0.15) is 0 Å². The Morgan fingerprint density at radius 3 is 3.00 bits per heavy atom. The predicted octanol–water partition coefficient (Wildman–Crippen LogP) is 1.85. The first-order valence-electron chi connectivity index (χ1n) is 6.16. The Morgan fingerprint density at radius 2 is 2.35 bits per heavy atom. The molecule has 0 saturated heterocycles. The van der Waals surface area contributed by atoms with E-state index in [1.165, 1.54) is 4.88 Å². The average molecular weight is 256 g/mol. The number of ether oxygens (including phenoxy) is 1. The highest BCUT2D eigenvalue weighted by atomic mass is 32.1. The van der Waals surface area contributed by atoms with Gasteiger partial charge in [0.1, 0.15) is 0 Å². The zero-order chi connectivity index (χ0) is 12.5. The summed E-state index contributed by atoms with van der Waals surface area (Å²) in [4.78, 5) is 3.87. The number of nitrogens with zero attached hydrogens (tertiary/aromatic N) is 1. The van der Waals surface area contributed by atoms with E-state index in [1.54, 1.807) is 7.11 Å². The molecular formula is C13H24N2OS. The maximum Gasteiger partial charge on any atom is 0.0587 e. The number of nitrogens with one attached hydrogen (secondary N) is 1. The van der Waals surface area contributed by atoms with Crippen molar-refractivity contribution in [3.63, 3.8) is 0 Å². The highest BCUT2D eigenvalue weighted by Gasteiger charge is 2.08. The fraction of sp³-hybridized carbons (Fsp3) is 0.692. The van der Waals surface area contributed by atoms with Gasteiger partial charge in [-0.3, -0.25) is 0 Å². The van der Waals surface area contributed by atoms with Crippen molar-refractivity contribution in [3.05, 3.63) is 22.4 Å². The largest absolute Gasteiger partial charge is 0.383 e. The molecular weight excluding hydrogens is 232 g/mol. The van der Waals surface area contributed by atoms with Gasteiger partial charge in [-0.1, -0.05) is 6.07 Å². The number of hydrogen-bond donors (Lipinski definition) is 1. The SMILES string of the molecule is COCCNCC(C)N(C)CCc1cccs1. The molecule has 1 rings (SSSR count). The van der Waals surface area contributed by atoms with E-state index in [0.29, 0.717) is 6.04 Å². The van der Waals surface area contributed by atoms with Crippen LogP contribution in [0.25, 0.3) is 0 Å². The van der Waals surface area contributed by atoms with E-state index < -0.39 is 0 Å². The molecule has 0 spiro atoms. The summed E-state index contributed by atoms with van der Waals surface area (Å²) in [6.07, 6.45) is 1.15. The summed E-state index contributed by atoms with van der Waals surface area (Å²) in [7, 11) is 3.93. The van der Waals surface area contributed by atoms with Crippen LogP contribution in [0.15, 0.2) is 17.5 Å². The molecule has 1 atom stereocenters. The first kappa shape index (κ1) is 14.6. The lowest BCUT2D eigenvalue weighted by Gasteiger charge is -2.24. The molecule has 1 aromatic rings. The maximum absolute atomic E-state index is 5.01. The van der Waals surface area contributed by atoms with Gasteiger partial charge < -0.3 is 15.0 Å². The maximum atomic E-state index is 5.01. The Balaban J connectivity index is 2.11. The second-order valence-electron chi connectivity index (χ2n) is 4.36. The van der Waals surface area contributed by atoms with E-state index in [4.69, 9.17) is 4.74 Å². The van der Waals surface area contributed by atoms with E-state index in [-0.39, 0.29) is 0 Å². The van der Waals surface area contributed by atoms with Crippen molar-refractivity contribution in [2.24, 2.45) is 0 Å². The minimum Gasteiger partial charge on any atom is -0.383 e. The quantitative estimate of drug-likeness (QED) is 0.682. The zero-order valence-corrected chi connectivity index (χ0v) is 11.9. The van der Waals surface area contributed by atoms with E-state index in [9.17, 15) is 0 Å². The van der Waals surface area contributed by atoms with Gasteiger partial charge in [-0.15, -0.1) is 11.3 Å². The summed E-state index contributed by atoms with van der Waals surface area (Å²) >= 11 is 1.84. The molecule has 0 aliphatic carbocycles. The normalized spacial score (nSPS) is 13.2. The van der Waals surface area contributed by atoms with Crippen LogP contribution in [0.4, 0.5) is 0 Å². The molecule has 0 aromatic carbocycles. The van der Waals surface area contributed by atoms with Crippen LogP contribution < -0.4 is 5.32 Å². The molecule has 1 heterocycles. The molecule has 0 fully saturated rings. The van der Waals surface area contributed by atoms with Crippen LogP contribution in [0, 0.1) is 0 Å². The molecule has 0 amide bonds. The van der Waals surface area contributed by atoms with Crippen LogP contribution in [0.2, 0.25) is 0 Å². The van der Waals surface area contributed by atoms with E-state index >= 15 is 0 Å². The molecule has 3 nitrogen and oxygen atoms in total. The summed E-state index contributed by atoms with van der Waals surface area (Å²) < 4.78 is 5.01. The monoisotopic (exact) mass is 256 g/mol. The van der Waals surface area contributed by atoms with Crippen LogP contribution in [-0.4, -0.2) is 51.3 Å². The van der Waals surface area contributed by atoms with Crippen LogP contribution in [0.3, 0.4) is 0 Å². The van der Waals surface area contributed by atoms with Crippen molar-refractivity contribution in [3.8, 4) is 0 Å². The smallest absolute Gasteiger partial charge is 0.0587 e. The first-order chi connectivity index (χ1) is 8.24. The van der Waals surface area contributed by atoms with Crippen molar-refractivity contribution in [1.29, 1.82) is 0 Å². The fourth-order valence-corrected chi connectivity index (χ4v) is 2.30. The Labute approximate surface area is 109 Å². The third-order valence-electron chi connectivity index (χ3n) is 2.97. The highest BCUT2D eigenvalue weighted by Crippen LogP contribution is 2.09. The molecule has 98 valence electrons. The van der Waals surface area contributed by atoms with Crippen molar-refractivity contribution in [2.45, 2.75) is 19.4 Å². The molecule has 1 N–H and O–H groups in total. The van der Waals surface area contributed by atoms with E-state index in [0.717, 1.165) is 32.7 Å². The second kappa shape index (κ2) is 8.64. The Kier molecular flexibility index (Phi) is 7.44. The Hall–Kier alpha value is -0.420. The van der Waals surface area contributed by atoms with Gasteiger partial charge in [0.15, 0.2) is 0 Å². The molecule has 0 bridgehead atoms. The van der Waals surface area contributed by atoms with Crippen molar-refractivity contribution in [1.82, 2.24) is 10.2 Å². The molecule has 0 aliphatic heterocycles. The molecule has 1 aromatic heterocycles. The van der Waals surface area contributed by atoms with Gasteiger partial charge in [0, 0.05) is 37.7 Å². The standard InChI is InChI=1S/C13H24N2OS/c1-12(11-14-7-9-16-3)15(2)8-6-13-5-4-10-17-13/h4-5,10,12,14H,6-9,11H2,1-3H3.